The van der Waals surface area contributed by atoms with Gasteiger partial charge in [0.05, 0.1) is 38.3 Å². The number of guanidine groups is 1. The number of hydrogen-bond donors (Lipinski definition) is 21. The SMILES string of the molecule is CCCC[C@H]1C(=O)N(C)[C@@H](CCCC)C(=O)N[C@@H](CCCNC(=N)N)C(=O)N[C@H](C(=O)NCC(N)=O)CSCC(=O)N[C@@H](Cc2ccccc2)C(=O)N(C)[C@@H](C)C(=O)N[C@@H](CC(N)=O)C(=O)N2CCC[C@H]2C(=O)N[C@@H](Cc2cnc[nH]2)C(=O)N[C@@H](CC(C)C)C(=O)N[C@@H](CO)C(=O)N[C@@H](Cc2c[nH]c3ccccc23)C(=O)N[C@@H](CO)C(=O)N[C@@H](Cc2c[nH]c3ccccc23)C(=O)N1C. The Labute approximate surface area is 773 Å². The summed E-state index contributed by atoms with van der Waals surface area (Å²) in [5, 5.41) is 62.5. The normalized spacial score (nSPS) is 23.9. The molecule has 5 heterocycles. The highest BCUT2D eigenvalue weighted by molar-refractivity contribution is 8.00. The van der Waals surface area contributed by atoms with E-state index in [0.717, 1.165) is 31.4 Å². The third-order valence-corrected chi connectivity index (χ3v) is 24.2. The van der Waals surface area contributed by atoms with E-state index in [9.17, 15) is 67.7 Å². The van der Waals surface area contributed by atoms with Gasteiger partial charge < -0.3 is 126 Å². The van der Waals surface area contributed by atoms with Crippen LogP contribution < -0.4 is 81.0 Å². The van der Waals surface area contributed by atoms with E-state index in [4.69, 9.17) is 22.6 Å². The van der Waals surface area contributed by atoms with Crippen LogP contribution in [0.5, 0.6) is 0 Å². The van der Waals surface area contributed by atoms with Crippen LogP contribution in [0, 0.1) is 11.3 Å². The first-order valence-electron chi connectivity index (χ1n) is 44.4. The number of hydrogen-bond acceptors (Lipinski definition) is 22. The van der Waals surface area contributed by atoms with Crippen molar-refractivity contribution in [3.05, 3.63) is 126 Å². The molecule has 0 aliphatic carbocycles. The van der Waals surface area contributed by atoms with Gasteiger partial charge in [-0.15, -0.1) is 11.8 Å². The lowest BCUT2D eigenvalue weighted by molar-refractivity contribution is -0.149. The zero-order valence-electron chi connectivity index (χ0n) is 75.9. The van der Waals surface area contributed by atoms with E-state index in [1.165, 1.54) is 40.6 Å². The monoisotopic (exact) mass is 1870 g/mol. The summed E-state index contributed by atoms with van der Waals surface area (Å²) >= 11 is 0.789. The predicted molar refractivity (Wildman–Crippen MR) is 491 cm³/mol. The second kappa shape index (κ2) is 51.3. The molecule has 0 bridgehead atoms. The van der Waals surface area contributed by atoms with E-state index in [1.54, 1.807) is 105 Å². The standard InChI is InChI=1S/C89H126N24O19S/c1-9-11-29-69-83(127)101-59(28-20-32-95-89(92)93)77(121)109-68(76(120)98-43-73(91)117)46-133-47-74(118)100-63(35-51-22-14-13-15-23-51)85(129)110(6)50(5)75(119)105-65(39-72(90)116)87(131)113-33-21-31-70(113)84(128)104-62(38-54-42-94-48-99-54)80(124)102-60(34-49(3)4)78(122)107-66(44-114)81(125)103-61(36-52-40-96-57-26-18-16-24-55(52)57)79(123)108-67(45-115)82(126)106-64(37-53-41-97-58-27-19-17-25-56(53)58)86(130)112(8)71(30-12-10-2)88(132)111(69)7/h13-19,22-27,40-42,48-50,59-71,96-97,114-115H,9-12,20-21,28-39,43-47H2,1-8H3,(H2,90,116)(H2,91,117)(H,94,99)(H,98,120)(H,100,118)(H,101,127)(H,102,124)(H,103,125)(H,104,128)(H,105,119)(H,106,126)(H,107,122)(H,108,123)(H,109,121)(H4,92,93,95)/t50-,59-,60-,61-,62-,63-,64-,65-,66-,67-,68-,69-,70-,71-/m0/s1. The Morgan fingerprint density at radius 2 is 1.02 bits per heavy atom. The molecule has 133 heavy (non-hydrogen) atoms. The molecule has 14 atom stereocenters. The number of nitrogens with one attached hydrogen (secondary N) is 16. The van der Waals surface area contributed by atoms with Crippen molar-refractivity contribution in [1.82, 2.24) is 103 Å². The number of rotatable bonds is 27. The predicted octanol–water partition coefficient (Wildman–Crippen LogP) is -3.12. The van der Waals surface area contributed by atoms with Crippen LogP contribution in [0.2, 0.25) is 0 Å². The number of fused-ring (bicyclic) bond motifs is 3. The number of aromatic nitrogens is 4. The van der Waals surface area contributed by atoms with Gasteiger partial charge in [0.25, 0.3) is 0 Å². The van der Waals surface area contributed by atoms with Crippen molar-refractivity contribution in [1.29, 1.82) is 5.41 Å². The largest absolute Gasteiger partial charge is 0.394 e. The van der Waals surface area contributed by atoms with Gasteiger partial charge in [-0.1, -0.05) is 120 Å². The summed E-state index contributed by atoms with van der Waals surface area (Å²) in [4.78, 5) is 266. The Balaban J connectivity index is 1.19. The van der Waals surface area contributed by atoms with Gasteiger partial charge in [-0.25, -0.2) is 4.98 Å². The van der Waals surface area contributed by atoms with Crippen LogP contribution in [0.1, 0.15) is 134 Å². The average Bonchev–Trinajstić information content (AvgIpc) is 1.51. The number of benzene rings is 3. The first kappa shape index (κ1) is 105. The molecule has 2 fully saturated rings. The van der Waals surface area contributed by atoms with Crippen molar-refractivity contribution in [3.8, 4) is 0 Å². The zero-order chi connectivity index (χ0) is 97.3. The van der Waals surface area contributed by atoms with Gasteiger partial charge in [0.2, 0.25) is 100 Å². The molecule has 2 aliphatic rings. The second-order valence-corrected chi connectivity index (χ2v) is 34.7. The number of carbonyl (C=O) groups excluding carboxylic acids is 17. The van der Waals surface area contributed by atoms with Crippen LogP contribution in [0.25, 0.3) is 21.8 Å². The van der Waals surface area contributed by atoms with Gasteiger partial charge in [0.1, 0.15) is 84.6 Å². The van der Waals surface area contributed by atoms with E-state index in [2.05, 4.69) is 83.7 Å². The lowest BCUT2D eigenvalue weighted by atomic mass is 10.00. The topological polar surface area (TPSA) is 650 Å². The molecule has 0 unspecified atom stereocenters. The molecule has 0 saturated carbocycles. The van der Waals surface area contributed by atoms with Crippen LogP contribution >= 0.6 is 11.8 Å². The Morgan fingerprint density at radius 1 is 0.519 bits per heavy atom. The lowest BCUT2D eigenvalue weighted by Crippen LogP contribution is -2.62. The minimum absolute atomic E-state index is 0.00610. The quantitative estimate of drug-likeness (QED) is 0.0138. The molecule has 17 amide bonds. The molecular formula is C89H126N24O19S. The fourth-order valence-electron chi connectivity index (χ4n) is 15.7. The first-order valence-corrected chi connectivity index (χ1v) is 45.6. The summed E-state index contributed by atoms with van der Waals surface area (Å²) in [6.07, 6.45) is 5.47. The Hall–Kier alpha value is -13.5. The summed E-state index contributed by atoms with van der Waals surface area (Å²) in [5.74, 6) is -18.1. The number of primary amides is 2. The molecule has 2 aliphatic heterocycles. The lowest BCUT2D eigenvalue weighted by Gasteiger charge is -2.36. The maximum Gasteiger partial charge on any atom is 0.246 e. The number of aromatic amines is 3. The van der Waals surface area contributed by atoms with Crippen molar-refractivity contribution in [2.45, 2.75) is 222 Å². The minimum Gasteiger partial charge on any atom is -0.394 e. The van der Waals surface area contributed by atoms with Crippen molar-refractivity contribution in [2.75, 3.05) is 65.5 Å². The highest BCUT2D eigenvalue weighted by Gasteiger charge is 2.44. The van der Waals surface area contributed by atoms with Crippen LogP contribution in [0.15, 0.2) is 104 Å². The third-order valence-electron chi connectivity index (χ3n) is 23.2. The molecule has 722 valence electrons. The summed E-state index contributed by atoms with van der Waals surface area (Å²) in [6.45, 7) is 5.35. The second-order valence-electron chi connectivity index (χ2n) is 33.6. The zero-order valence-corrected chi connectivity index (χ0v) is 76.8. The molecular weight excluding hydrogens is 1740 g/mol. The van der Waals surface area contributed by atoms with Crippen LogP contribution in [0.3, 0.4) is 0 Å². The summed E-state index contributed by atoms with van der Waals surface area (Å²) in [7, 11) is 3.93. The number of nitrogens with two attached hydrogens (primary N) is 3. The van der Waals surface area contributed by atoms with Gasteiger partial charge in [0, 0.05) is 112 Å². The van der Waals surface area contributed by atoms with Crippen molar-refractivity contribution in [3.63, 3.8) is 0 Å². The highest BCUT2D eigenvalue weighted by Crippen LogP contribution is 2.26. The number of nitrogens with zero attached hydrogens (tertiary/aromatic N) is 5. The Kier molecular flexibility index (Phi) is 40.5. The highest BCUT2D eigenvalue weighted by atomic mass is 32.2. The number of thioether (sulfide) groups is 1. The third kappa shape index (κ3) is 30.5. The average molecular weight is 1870 g/mol. The molecule has 44 heteroatoms. The fourth-order valence-corrected chi connectivity index (χ4v) is 16.6. The number of aliphatic hydroxyl groups is 2. The molecule has 3 aromatic heterocycles. The van der Waals surface area contributed by atoms with Crippen LogP contribution in [0.4, 0.5) is 0 Å². The number of H-pyrrole nitrogens is 3. The van der Waals surface area contributed by atoms with Crippen molar-refractivity contribution >= 4 is 140 Å². The molecule has 2 saturated heterocycles. The van der Waals surface area contributed by atoms with Gasteiger partial charge in [-0.05, 0) is 86.6 Å². The number of likely N-dealkylation sites (N-methyl/N-ethyl adjacent to an activating group) is 3. The van der Waals surface area contributed by atoms with Gasteiger partial charge in [-0.3, -0.25) is 86.9 Å². The van der Waals surface area contributed by atoms with Crippen molar-refractivity contribution in [2.24, 2.45) is 23.1 Å². The number of carbonyl (C=O) groups is 17. The fraction of sp³-hybridized carbons (Fsp3) is 0.517. The molecule has 43 nitrogen and oxygen atoms in total. The van der Waals surface area contributed by atoms with Gasteiger partial charge >= 0.3 is 0 Å². The van der Waals surface area contributed by atoms with E-state index in [0.29, 0.717) is 69.9 Å². The maximum atomic E-state index is 15.7. The Morgan fingerprint density at radius 3 is 1.59 bits per heavy atom. The smallest absolute Gasteiger partial charge is 0.246 e. The molecule has 24 N–H and O–H groups in total. The number of amides is 17. The van der Waals surface area contributed by atoms with E-state index in [1.807, 2.05) is 13.8 Å². The van der Waals surface area contributed by atoms with E-state index >= 15 is 24.0 Å². The minimum atomic E-state index is -1.91. The van der Waals surface area contributed by atoms with Gasteiger partial charge in [0.15, 0.2) is 5.96 Å². The molecule has 8 rings (SSSR count). The summed E-state index contributed by atoms with van der Waals surface area (Å²) in [5.41, 5.74) is 19.8. The number of aliphatic hydroxyl groups excluding tert-OH is 2. The van der Waals surface area contributed by atoms with E-state index < -0.39 is 229 Å². The van der Waals surface area contributed by atoms with Crippen molar-refractivity contribution < 1.29 is 91.7 Å². The number of imidazole rings is 1. The summed E-state index contributed by atoms with van der Waals surface area (Å²) < 4.78 is 0. The van der Waals surface area contributed by atoms with Crippen LogP contribution in [-0.4, -0.2) is 306 Å². The van der Waals surface area contributed by atoms with Gasteiger partial charge in [-0.2, -0.15) is 0 Å². The summed E-state index contributed by atoms with van der Waals surface area (Å²) in [6, 6.07) is 0.272. The maximum absolute atomic E-state index is 15.7. The molecule has 3 aromatic carbocycles. The van der Waals surface area contributed by atoms with E-state index in [-0.39, 0.29) is 89.6 Å². The number of unbranched alkanes of at least 4 members (excludes halogenated alkanes) is 2. The molecule has 0 spiro atoms. The van der Waals surface area contributed by atoms with Crippen LogP contribution in [-0.2, 0) is 107 Å². The number of para-hydroxylation sites is 2. The molecule has 6 aromatic rings. The Bertz CT molecular complexity index is 5070. The molecule has 0 radical (unpaired) electrons. The first-order chi connectivity index (χ1) is 63.4.